The molecule has 3 heteroatoms. The fourth-order valence-electron chi connectivity index (χ4n) is 1.50. The molecule has 0 atom stereocenters. The van der Waals surface area contributed by atoms with Crippen molar-refractivity contribution in [3.63, 3.8) is 0 Å². The van der Waals surface area contributed by atoms with Gasteiger partial charge in [-0.2, -0.15) is 0 Å². The molecular formula is C15H20BrNO. The smallest absolute Gasteiger partial charge is 0.137 e. The topological polar surface area (TPSA) is 21.3 Å². The summed E-state index contributed by atoms with van der Waals surface area (Å²) in [6.45, 7) is 7.55. The minimum absolute atomic E-state index is 0.461. The Bertz CT molecular complexity index is 432. The number of para-hydroxylation sites is 1. The Labute approximate surface area is 118 Å². The first-order valence-corrected chi connectivity index (χ1v) is 6.97. The lowest BCUT2D eigenvalue weighted by atomic mass is 10.2. The molecule has 0 saturated carbocycles. The number of hydrogen-bond donors (Lipinski definition) is 1. The maximum Gasteiger partial charge on any atom is 0.137 e. The van der Waals surface area contributed by atoms with Crippen LogP contribution in [0.4, 0.5) is 0 Å². The van der Waals surface area contributed by atoms with E-state index in [4.69, 9.17) is 4.74 Å². The summed E-state index contributed by atoms with van der Waals surface area (Å²) in [7, 11) is 0. The standard InChI is InChI=1S/C15H20BrNO/c1-4-5-6-10-18-15-13(11-17-12(2)3)8-7-9-14(15)16/h7-9,12,17H,6,10-11H2,1-3H3. The Morgan fingerprint density at radius 2 is 2.17 bits per heavy atom. The van der Waals surface area contributed by atoms with Gasteiger partial charge in [-0.15, -0.1) is 11.8 Å². The summed E-state index contributed by atoms with van der Waals surface area (Å²) in [6.07, 6.45) is 0.759. The number of benzene rings is 1. The number of nitrogens with one attached hydrogen (secondary N) is 1. The molecule has 0 heterocycles. The first-order chi connectivity index (χ1) is 8.65. The predicted octanol–water partition coefficient (Wildman–Crippen LogP) is 3.74. The van der Waals surface area contributed by atoms with Gasteiger partial charge in [-0.3, -0.25) is 0 Å². The molecule has 0 fully saturated rings. The van der Waals surface area contributed by atoms with Crippen LogP contribution >= 0.6 is 15.9 Å². The Morgan fingerprint density at radius 1 is 1.39 bits per heavy atom. The molecule has 0 spiro atoms. The van der Waals surface area contributed by atoms with E-state index in [1.54, 1.807) is 0 Å². The second-order valence-electron chi connectivity index (χ2n) is 4.29. The number of halogens is 1. The van der Waals surface area contributed by atoms with E-state index < -0.39 is 0 Å². The molecule has 0 aliphatic rings. The molecule has 1 aromatic rings. The summed E-state index contributed by atoms with van der Waals surface area (Å²) < 4.78 is 6.81. The van der Waals surface area contributed by atoms with Crippen LogP contribution < -0.4 is 10.1 Å². The Kier molecular flexibility index (Phi) is 6.85. The molecule has 1 aromatic carbocycles. The van der Waals surface area contributed by atoms with E-state index in [1.165, 1.54) is 5.56 Å². The molecule has 0 aromatic heterocycles. The summed E-state index contributed by atoms with van der Waals surface area (Å²) >= 11 is 3.53. The normalized spacial score (nSPS) is 10.1. The molecule has 0 unspecified atom stereocenters. The zero-order chi connectivity index (χ0) is 13.4. The third kappa shape index (κ3) is 5.12. The first kappa shape index (κ1) is 15.1. The molecule has 18 heavy (non-hydrogen) atoms. The van der Waals surface area contributed by atoms with Crippen LogP contribution in [0.5, 0.6) is 5.75 Å². The number of ether oxygens (including phenoxy) is 1. The Morgan fingerprint density at radius 3 is 2.83 bits per heavy atom. The molecule has 0 aliphatic heterocycles. The van der Waals surface area contributed by atoms with Crippen molar-refractivity contribution in [1.82, 2.24) is 5.32 Å². The van der Waals surface area contributed by atoms with Crippen LogP contribution in [-0.4, -0.2) is 12.6 Å². The van der Waals surface area contributed by atoms with Crippen LogP contribution in [0.2, 0.25) is 0 Å². The first-order valence-electron chi connectivity index (χ1n) is 6.18. The van der Waals surface area contributed by atoms with Gasteiger partial charge in [0.25, 0.3) is 0 Å². The Balaban J connectivity index is 2.69. The van der Waals surface area contributed by atoms with Crippen LogP contribution in [0.25, 0.3) is 0 Å². The van der Waals surface area contributed by atoms with E-state index in [1.807, 2.05) is 19.1 Å². The third-order valence-corrected chi connectivity index (χ3v) is 3.02. The van der Waals surface area contributed by atoms with Crippen LogP contribution in [-0.2, 0) is 6.54 Å². The van der Waals surface area contributed by atoms with Crippen LogP contribution in [0, 0.1) is 11.8 Å². The average Bonchev–Trinajstić information content (AvgIpc) is 2.34. The van der Waals surface area contributed by atoms with Gasteiger partial charge in [-0.05, 0) is 28.9 Å². The van der Waals surface area contributed by atoms with Gasteiger partial charge in [0.1, 0.15) is 5.75 Å². The minimum Gasteiger partial charge on any atom is -0.491 e. The van der Waals surface area contributed by atoms with Crippen LogP contribution in [0.3, 0.4) is 0 Å². The van der Waals surface area contributed by atoms with Gasteiger partial charge < -0.3 is 10.1 Å². The second kappa shape index (κ2) is 8.18. The van der Waals surface area contributed by atoms with Gasteiger partial charge in [0.05, 0.1) is 11.1 Å². The van der Waals surface area contributed by atoms with Crippen molar-refractivity contribution in [2.24, 2.45) is 0 Å². The van der Waals surface area contributed by atoms with Crippen LogP contribution in [0.1, 0.15) is 32.8 Å². The maximum absolute atomic E-state index is 5.81. The molecule has 0 bridgehead atoms. The molecule has 0 saturated heterocycles. The highest BCUT2D eigenvalue weighted by atomic mass is 79.9. The fourth-order valence-corrected chi connectivity index (χ4v) is 2.02. The zero-order valence-corrected chi connectivity index (χ0v) is 12.8. The summed E-state index contributed by atoms with van der Waals surface area (Å²) in [5.41, 5.74) is 1.17. The van der Waals surface area contributed by atoms with Crippen molar-refractivity contribution in [3.05, 3.63) is 28.2 Å². The average molecular weight is 310 g/mol. The lowest BCUT2D eigenvalue weighted by Crippen LogP contribution is -2.22. The van der Waals surface area contributed by atoms with Gasteiger partial charge in [-0.1, -0.05) is 26.0 Å². The molecule has 2 nitrogen and oxygen atoms in total. The second-order valence-corrected chi connectivity index (χ2v) is 5.14. The van der Waals surface area contributed by atoms with Gasteiger partial charge in [0.15, 0.2) is 0 Å². The largest absolute Gasteiger partial charge is 0.491 e. The van der Waals surface area contributed by atoms with Crippen molar-refractivity contribution in [3.8, 4) is 17.6 Å². The summed E-state index contributed by atoms with van der Waals surface area (Å²) in [4.78, 5) is 0. The van der Waals surface area contributed by atoms with Crippen molar-refractivity contribution >= 4 is 15.9 Å². The summed E-state index contributed by atoms with van der Waals surface area (Å²) in [5.74, 6) is 6.79. The minimum atomic E-state index is 0.461. The van der Waals surface area contributed by atoms with E-state index >= 15 is 0 Å². The van der Waals surface area contributed by atoms with Gasteiger partial charge in [0.2, 0.25) is 0 Å². The molecule has 1 N–H and O–H groups in total. The molecule has 0 amide bonds. The Hall–Kier alpha value is -0.980. The zero-order valence-electron chi connectivity index (χ0n) is 11.2. The summed E-state index contributed by atoms with van der Waals surface area (Å²) in [5, 5.41) is 3.40. The lowest BCUT2D eigenvalue weighted by Gasteiger charge is -2.14. The molecular weight excluding hydrogens is 290 g/mol. The van der Waals surface area contributed by atoms with Crippen molar-refractivity contribution < 1.29 is 4.74 Å². The highest BCUT2D eigenvalue weighted by Crippen LogP contribution is 2.29. The fraction of sp³-hybridized carbons (Fsp3) is 0.467. The maximum atomic E-state index is 5.81. The summed E-state index contributed by atoms with van der Waals surface area (Å²) in [6, 6.07) is 6.57. The third-order valence-electron chi connectivity index (χ3n) is 2.40. The van der Waals surface area contributed by atoms with Crippen molar-refractivity contribution in [1.29, 1.82) is 0 Å². The van der Waals surface area contributed by atoms with Gasteiger partial charge >= 0.3 is 0 Å². The highest BCUT2D eigenvalue weighted by Gasteiger charge is 2.08. The SMILES string of the molecule is CC#CCCOc1c(Br)cccc1CNC(C)C. The number of rotatable bonds is 6. The molecule has 1 rings (SSSR count). The van der Waals surface area contributed by atoms with E-state index in [9.17, 15) is 0 Å². The van der Waals surface area contributed by atoms with E-state index in [0.29, 0.717) is 12.6 Å². The monoisotopic (exact) mass is 309 g/mol. The van der Waals surface area contributed by atoms with E-state index in [0.717, 1.165) is 23.2 Å². The molecule has 0 aliphatic carbocycles. The number of hydrogen-bond acceptors (Lipinski definition) is 2. The highest BCUT2D eigenvalue weighted by molar-refractivity contribution is 9.10. The van der Waals surface area contributed by atoms with Crippen LogP contribution in [0.15, 0.2) is 22.7 Å². The lowest BCUT2D eigenvalue weighted by molar-refractivity contribution is 0.320. The predicted molar refractivity (Wildman–Crippen MR) is 79.7 cm³/mol. The van der Waals surface area contributed by atoms with E-state index in [2.05, 4.69) is 53.0 Å². The quantitative estimate of drug-likeness (QED) is 0.638. The van der Waals surface area contributed by atoms with E-state index in [-0.39, 0.29) is 0 Å². The van der Waals surface area contributed by atoms with Crippen molar-refractivity contribution in [2.45, 2.75) is 39.8 Å². The molecule has 0 radical (unpaired) electrons. The van der Waals surface area contributed by atoms with Gasteiger partial charge in [0, 0.05) is 24.6 Å². The molecule has 98 valence electrons. The van der Waals surface area contributed by atoms with Gasteiger partial charge in [-0.25, -0.2) is 0 Å². The van der Waals surface area contributed by atoms with Crippen molar-refractivity contribution in [2.75, 3.05) is 6.61 Å².